The minimum Gasteiger partial charge on any atom is -0.471 e. The van der Waals surface area contributed by atoms with Crippen molar-refractivity contribution in [2.24, 2.45) is 0 Å². The fourth-order valence-electron chi connectivity index (χ4n) is 2.79. The third-order valence-electron chi connectivity index (χ3n) is 3.95. The average Bonchev–Trinajstić information content (AvgIpc) is 3.23. The Bertz CT molecular complexity index is 781. The third-order valence-corrected chi connectivity index (χ3v) is 5.11. The zero-order valence-electron chi connectivity index (χ0n) is 17.9. The zero-order valence-corrected chi connectivity index (χ0v) is 19.6. The summed E-state index contributed by atoms with van der Waals surface area (Å²) in [6.07, 6.45) is 0. The second-order valence-corrected chi connectivity index (χ2v) is 9.52. The van der Waals surface area contributed by atoms with E-state index in [2.05, 4.69) is 40.1 Å². The summed E-state index contributed by atoms with van der Waals surface area (Å²) in [6.45, 7) is 8.91. The van der Waals surface area contributed by atoms with Gasteiger partial charge in [-0.05, 0) is 32.9 Å². The zero-order chi connectivity index (χ0) is 22.7. The van der Waals surface area contributed by atoms with Crippen LogP contribution >= 0.6 is 24.0 Å². The first-order valence-electron chi connectivity index (χ1n) is 9.22. The summed E-state index contributed by atoms with van der Waals surface area (Å²) in [6, 6.07) is 8.40. The summed E-state index contributed by atoms with van der Waals surface area (Å²) in [7, 11) is 2.62. The molecule has 1 unspecified atom stereocenters. The van der Waals surface area contributed by atoms with Crippen LogP contribution in [0.5, 0.6) is 0 Å². The molecule has 1 aromatic carbocycles. The number of ether oxygens (including phenoxy) is 2. The lowest BCUT2D eigenvalue weighted by Gasteiger charge is -2.28. The molecule has 2 amide bonds. The molecule has 0 spiro atoms. The lowest BCUT2D eigenvalue weighted by molar-refractivity contribution is -0.126. The van der Waals surface area contributed by atoms with Gasteiger partial charge in [-0.1, -0.05) is 12.1 Å². The van der Waals surface area contributed by atoms with E-state index in [4.69, 9.17) is 9.59 Å². The van der Waals surface area contributed by atoms with Gasteiger partial charge >= 0.3 is 6.03 Å². The van der Waals surface area contributed by atoms with Crippen LogP contribution in [0.4, 0.5) is 4.79 Å². The van der Waals surface area contributed by atoms with E-state index >= 15 is 0 Å². The third kappa shape index (κ3) is 8.19. The number of benzene rings is 1. The van der Waals surface area contributed by atoms with Crippen LogP contribution in [-0.2, 0) is 25.6 Å². The monoisotopic (exact) mass is 455 g/mol. The molecule has 10 heteroatoms. The second-order valence-electron chi connectivity index (χ2n) is 7.19. The van der Waals surface area contributed by atoms with Gasteiger partial charge in [0.15, 0.2) is 0 Å². The minimum absolute atomic E-state index is 0.0916. The predicted molar refractivity (Wildman–Crippen MR) is 121 cm³/mol. The van der Waals surface area contributed by atoms with Crippen LogP contribution in [0.15, 0.2) is 24.3 Å². The number of urea groups is 1. The molecule has 1 saturated heterocycles. The van der Waals surface area contributed by atoms with Crippen LogP contribution in [-0.4, -0.2) is 71.9 Å². The number of thiol groups is 1. The van der Waals surface area contributed by atoms with E-state index in [1.807, 2.05) is 41.8 Å². The highest BCUT2D eigenvalue weighted by atomic mass is 32.1. The lowest BCUT2D eigenvalue weighted by atomic mass is 10.2. The van der Waals surface area contributed by atoms with E-state index in [0.717, 1.165) is 17.1 Å². The van der Waals surface area contributed by atoms with Crippen molar-refractivity contribution in [3.63, 3.8) is 0 Å². The van der Waals surface area contributed by atoms with Gasteiger partial charge in [-0.25, -0.2) is 9.78 Å². The smallest absolute Gasteiger partial charge is 0.320 e. The number of aromatic nitrogens is 1. The molecule has 1 aliphatic rings. The number of rotatable bonds is 6. The fraction of sp³-hybridized carbons (Fsp3) is 0.500. The highest BCUT2D eigenvalue weighted by Crippen LogP contribution is 2.26. The molecule has 1 atom stereocenters. The molecule has 1 fully saturated rings. The minimum atomic E-state index is -0.185. The van der Waals surface area contributed by atoms with Gasteiger partial charge in [-0.15, -0.1) is 11.3 Å². The first-order chi connectivity index (χ1) is 14.2. The quantitative estimate of drug-likeness (QED) is 0.532. The Morgan fingerprint density at radius 1 is 1.23 bits per heavy atom. The molecule has 0 aliphatic carbocycles. The van der Waals surface area contributed by atoms with Crippen LogP contribution in [0.25, 0.3) is 10.2 Å². The van der Waals surface area contributed by atoms with Gasteiger partial charge in [-0.3, -0.25) is 9.59 Å². The highest BCUT2D eigenvalue weighted by molar-refractivity contribution is 7.81. The van der Waals surface area contributed by atoms with Crippen molar-refractivity contribution in [3.8, 4) is 0 Å². The van der Waals surface area contributed by atoms with E-state index in [0.29, 0.717) is 26.0 Å². The Morgan fingerprint density at radius 2 is 1.80 bits per heavy atom. The molecule has 0 N–H and O–H groups in total. The second kappa shape index (κ2) is 12.4. The largest absolute Gasteiger partial charge is 0.471 e. The number of carbonyl (C=O) groups excluding carboxylic acids is 3. The number of hydrogen-bond donors (Lipinski definition) is 1. The topological polar surface area (TPSA) is 89.0 Å². The molecule has 166 valence electrons. The van der Waals surface area contributed by atoms with Gasteiger partial charge in [0, 0.05) is 23.9 Å². The van der Waals surface area contributed by atoms with Crippen molar-refractivity contribution in [1.82, 2.24) is 14.8 Å². The van der Waals surface area contributed by atoms with Crippen LogP contribution in [0, 0.1) is 0 Å². The normalized spacial score (nSPS) is 15.7. The Morgan fingerprint density at radius 3 is 2.30 bits per heavy atom. The van der Waals surface area contributed by atoms with Crippen molar-refractivity contribution in [2.45, 2.75) is 38.1 Å². The molecular formula is C20H29N3O5S2. The number of nitrogens with zero attached hydrogens (tertiary/aromatic N) is 3. The Balaban J connectivity index is 0.000000485. The number of fused-ring (bicyclic) bond motifs is 1. The molecule has 30 heavy (non-hydrogen) atoms. The summed E-state index contributed by atoms with van der Waals surface area (Å²) < 4.78 is 8.71. The van der Waals surface area contributed by atoms with E-state index in [1.165, 1.54) is 18.9 Å². The van der Waals surface area contributed by atoms with E-state index < -0.39 is 0 Å². The van der Waals surface area contributed by atoms with Gasteiger partial charge in [0.05, 0.1) is 31.0 Å². The number of carbonyl (C=O) groups is 3. The van der Waals surface area contributed by atoms with Crippen LogP contribution in [0.2, 0.25) is 0 Å². The molecule has 2 aromatic rings. The summed E-state index contributed by atoms with van der Waals surface area (Å²) in [4.78, 5) is 38.9. The van der Waals surface area contributed by atoms with Crippen molar-refractivity contribution < 1.29 is 23.9 Å². The molecular weight excluding hydrogens is 426 g/mol. The van der Waals surface area contributed by atoms with E-state index in [1.54, 1.807) is 11.3 Å². The maximum atomic E-state index is 12.6. The highest BCUT2D eigenvalue weighted by Gasteiger charge is 2.37. The fourth-order valence-corrected chi connectivity index (χ4v) is 3.92. The van der Waals surface area contributed by atoms with Gasteiger partial charge in [0.2, 0.25) is 0 Å². The Labute approximate surface area is 186 Å². The van der Waals surface area contributed by atoms with Crippen molar-refractivity contribution in [1.29, 1.82) is 0 Å². The van der Waals surface area contributed by atoms with E-state index in [9.17, 15) is 4.79 Å². The van der Waals surface area contributed by atoms with Crippen molar-refractivity contribution in [3.05, 3.63) is 29.3 Å². The summed E-state index contributed by atoms with van der Waals surface area (Å²) in [5.74, 6) is 0. The predicted octanol–water partition coefficient (Wildman–Crippen LogP) is 3.21. The average molecular weight is 456 g/mol. The number of hydrogen-bond acceptors (Lipinski definition) is 8. The molecule has 0 bridgehead atoms. The first-order valence-corrected chi connectivity index (χ1v) is 10.5. The molecule has 0 saturated carbocycles. The Kier molecular flexibility index (Phi) is 10.6. The summed E-state index contributed by atoms with van der Waals surface area (Å²) in [5.41, 5.74) is 1.01. The number of amides is 2. The molecule has 2 heterocycles. The van der Waals surface area contributed by atoms with Gasteiger partial charge in [-0.2, -0.15) is 12.6 Å². The van der Waals surface area contributed by atoms with Gasteiger partial charge in [0.1, 0.15) is 5.01 Å². The molecule has 1 aromatic heterocycles. The molecule has 0 radical (unpaired) electrons. The summed E-state index contributed by atoms with van der Waals surface area (Å²) >= 11 is 6.21. The maximum Gasteiger partial charge on any atom is 0.320 e. The van der Waals surface area contributed by atoms with Gasteiger partial charge < -0.3 is 19.3 Å². The van der Waals surface area contributed by atoms with Gasteiger partial charge in [0.25, 0.3) is 12.9 Å². The standard InChI is InChI=1S/C16H21N3OS2.2C2H4O2/c1-11-8-18(15(20)19(11)10-16(2,3)21)9-14-17-12-6-4-5-7-13(12)22-14;2*1-4-2-3/h4-7,11,21H,8-10H2,1-3H3;2*2H,1H3. The Hall–Kier alpha value is -2.33. The lowest BCUT2D eigenvalue weighted by Crippen LogP contribution is -2.41. The SMILES string of the molecule is CC1CN(Cc2nc3ccccc3s2)C(=O)N1CC(C)(C)S.COC=O.COC=O. The van der Waals surface area contributed by atoms with Crippen molar-refractivity contribution in [2.75, 3.05) is 27.3 Å². The van der Waals surface area contributed by atoms with E-state index in [-0.39, 0.29) is 16.8 Å². The number of methoxy groups -OCH3 is 2. The number of para-hydroxylation sites is 1. The van der Waals surface area contributed by atoms with Crippen molar-refractivity contribution >= 4 is 53.2 Å². The van der Waals surface area contributed by atoms with Crippen LogP contribution in [0.1, 0.15) is 25.8 Å². The van der Waals surface area contributed by atoms with Crippen LogP contribution < -0.4 is 0 Å². The summed E-state index contributed by atoms with van der Waals surface area (Å²) in [5, 5.41) is 0.994. The molecule has 1 aliphatic heterocycles. The first kappa shape index (κ1) is 25.7. The number of thiazole rings is 1. The molecule has 8 nitrogen and oxygen atoms in total. The molecule has 3 rings (SSSR count). The maximum absolute atomic E-state index is 12.6. The van der Waals surface area contributed by atoms with Crippen LogP contribution in [0.3, 0.4) is 0 Å².